The van der Waals surface area contributed by atoms with Gasteiger partial charge in [0.1, 0.15) is 5.75 Å². The number of nitrogens with zero attached hydrogens (tertiary/aromatic N) is 2. The van der Waals surface area contributed by atoms with Gasteiger partial charge in [-0.1, -0.05) is 11.6 Å². The van der Waals surface area contributed by atoms with Crippen molar-refractivity contribution < 1.29 is 9.26 Å². The van der Waals surface area contributed by atoms with Crippen molar-refractivity contribution >= 4 is 12.4 Å². The zero-order valence-corrected chi connectivity index (χ0v) is 12.2. The van der Waals surface area contributed by atoms with Crippen LogP contribution in [0.5, 0.6) is 5.75 Å². The smallest absolute Gasteiger partial charge is 0.244 e. The molecule has 0 radical (unpaired) electrons. The van der Waals surface area contributed by atoms with Crippen LogP contribution in [0, 0.1) is 0 Å². The molecule has 0 amide bonds. The van der Waals surface area contributed by atoms with Gasteiger partial charge in [0, 0.05) is 5.56 Å². The first-order valence-corrected chi connectivity index (χ1v) is 6.58. The van der Waals surface area contributed by atoms with E-state index in [0.717, 1.165) is 24.3 Å². The van der Waals surface area contributed by atoms with Crippen molar-refractivity contribution in [2.24, 2.45) is 0 Å². The second kappa shape index (κ2) is 6.72. The molecule has 6 heteroatoms. The quantitative estimate of drug-likeness (QED) is 0.943. The van der Waals surface area contributed by atoms with Crippen LogP contribution in [0.15, 0.2) is 28.8 Å². The van der Waals surface area contributed by atoms with E-state index in [-0.39, 0.29) is 18.4 Å². The molecular formula is C14H18ClN3O2. The maximum Gasteiger partial charge on any atom is 0.244 e. The first-order chi connectivity index (χ1) is 9.36. The Morgan fingerprint density at radius 2 is 2.05 bits per heavy atom. The second-order valence-electron chi connectivity index (χ2n) is 4.69. The van der Waals surface area contributed by atoms with E-state index in [2.05, 4.69) is 15.5 Å². The normalized spacial score (nSPS) is 18.4. The van der Waals surface area contributed by atoms with Gasteiger partial charge in [-0.2, -0.15) is 4.98 Å². The highest BCUT2D eigenvalue weighted by Gasteiger charge is 2.21. The molecule has 1 aromatic heterocycles. The Bertz CT molecular complexity index is 536. The topological polar surface area (TPSA) is 60.2 Å². The Kier molecular flexibility index (Phi) is 4.98. The van der Waals surface area contributed by atoms with Crippen LogP contribution in [-0.4, -0.2) is 23.8 Å². The molecule has 0 saturated carbocycles. The van der Waals surface area contributed by atoms with Crippen LogP contribution in [-0.2, 0) is 0 Å². The summed E-state index contributed by atoms with van der Waals surface area (Å²) in [7, 11) is 1.65. The van der Waals surface area contributed by atoms with Crippen molar-refractivity contribution in [1.82, 2.24) is 15.5 Å². The lowest BCUT2D eigenvalue weighted by molar-refractivity contribution is 0.297. The molecule has 1 aromatic carbocycles. The first kappa shape index (κ1) is 14.8. The maximum absolute atomic E-state index is 5.36. The Hall–Kier alpha value is -1.59. The van der Waals surface area contributed by atoms with Gasteiger partial charge in [-0.3, -0.25) is 0 Å². The number of nitrogens with one attached hydrogen (secondary N) is 1. The third kappa shape index (κ3) is 3.11. The third-order valence-corrected chi connectivity index (χ3v) is 3.40. The highest BCUT2D eigenvalue weighted by Crippen LogP contribution is 2.25. The predicted octanol–water partition coefficient (Wildman–Crippen LogP) is 2.98. The highest BCUT2D eigenvalue weighted by molar-refractivity contribution is 5.85. The van der Waals surface area contributed by atoms with Gasteiger partial charge in [0.25, 0.3) is 0 Å². The number of hydrogen-bond donors (Lipinski definition) is 1. The minimum absolute atomic E-state index is 0. The van der Waals surface area contributed by atoms with E-state index in [0.29, 0.717) is 11.7 Å². The molecule has 20 heavy (non-hydrogen) atoms. The van der Waals surface area contributed by atoms with Gasteiger partial charge in [0.05, 0.1) is 13.2 Å². The fourth-order valence-electron chi connectivity index (χ4n) is 2.30. The lowest BCUT2D eigenvalue weighted by atomic mass is 10.1. The number of piperidine rings is 1. The summed E-state index contributed by atoms with van der Waals surface area (Å²) in [6.07, 6.45) is 3.48. The molecule has 5 nitrogen and oxygen atoms in total. The van der Waals surface area contributed by atoms with Gasteiger partial charge in [0.15, 0.2) is 0 Å². The van der Waals surface area contributed by atoms with E-state index in [1.807, 2.05) is 24.3 Å². The van der Waals surface area contributed by atoms with Crippen LogP contribution >= 0.6 is 12.4 Å². The minimum atomic E-state index is 0. The van der Waals surface area contributed by atoms with Crippen LogP contribution in [0.25, 0.3) is 11.4 Å². The standard InChI is InChI=1S/C14H17N3O2.ClH/c1-18-11-7-5-10(6-8-11)13-16-14(19-17-13)12-4-2-3-9-15-12;/h5-8,12,15H,2-4,9H2,1H3;1H/t12-;/m0./s1. The summed E-state index contributed by atoms with van der Waals surface area (Å²) in [6.45, 7) is 1.02. The Balaban J connectivity index is 0.00000147. The monoisotopic (exact) mass is 295 g/mol. The van der Waals surface area contributed by atoms with E-state index in [1.54, 1.807) is 7.11 Å². The van der Waals surface area contributed by atoms with Gasteiger partial charge in [0.2, 0.25) is 11.7 Å². The van der Waals surface area contributed by atoms with Crippen molar-refractivity contribution in [3.8, 4) is 17.1 Å². The molecule has 1 atom stereocenters. The molecule has 1 aliphatic rings. The first-order valence-electron chi connectivity index (χ1n) is 6.58. The SMILES string of the molecule is COc1ccc(-c2noc([C@@H]3CCCCN3)n2)cc1.Cl. The van der Waals surface area contributed by atoms with Crippen LogP contribution in [0.1, 0.15) is 31.2 Å². The van der Waals surface area contributed by atoms with E-state index >= 15 is 0 Å². The summed E-state index contributed by atoms with van der Waals surface area (Å²) in [4.78, 5) is 4.48. The number of ether oxygens (including phenoxy) is 1. The van der Waals surface area contributed by atoms with E-state index in [1.165, 1.54) is 12.8 Å². The van der Waals surface area contributed by atoms with Crippen molar-refractivity contribution in [1.29, 1.82) is 0 Å². The van der Waals surface area contributed by atoms with E-state index in [9.17, 15) is 0 Å². The van der Waals surface area contributed by atoms with Gasteiger partial charge in [-0.05, 0) is 43.7 Å². The molecule has 0 spiro atoms. The summed E-state index contributed by atoms with van der Waals surface area (Å²) in [5.41, 5.74) is 0.937. The molecule has 0 unspecified atom stereocenters. The zero-order valence-electron chi connectivity index (χ0n) is 11.3. The number of benzene rings is 1. The number of aromatic nitrogens is 2. The molecule has 3 rings (SSSR count). The molecule has 1 saturated heterocycles. The van der Waals surface area contributed by atoms with E-state index in [4.69, 9.17) is 9.26 Å². The summed E-state index contributed by atoms with van der Waals surface area (Å²) in [5.74, 6) is 2.14. The second-order valence-corrected chi connectivity index (χ2v) is 4.69. The van der Waals surface area contributed by atoms with Crippen molar-refractivity contribution in [2.45, 2.75) is 25.3 Å². The van der Waals surface area contributed by atoms with Crippen LogP contribution in [0.4, 0.5) is 0 Å². The molecule has 1 aliphatic heterocycles. The Morgan fingerprint density at radius 1 is 1.25 bits per heavy atom. The maximum atomic E-state index is 5.36. The molecule has 108 valence electrons. The van der Waals surface area contributed by atoms with Crippen molar-refractivity contribution in [3.05, 3.63) is 30.2 Å². The highest BCUT2D eigenvalue weighted by atomic mass is 35.5. The number of methoxy groups -OCH3 is 1. The summed E-state index contributed by atoms with van der Waals surface area (Å²) < 4.78 is 10.5. The summed E-state index contributed by atoms with van der Waals surface area (Å²) in [5, 5.41) is 7.45. The number of halogens is 1. The fraction of sp³-hybridized carbons (Fsp3) is 0.429. The lowest BCUT2D eigenvalue weighted by Crippen LogP contribution is -2.26. The minimum Gasteiger partial charge on any atom is -0.497 e. The zero-order chi connectivity index (χ0) is 13.1. The Morgan fingerprint density at radius 3 is 2.70 bits per heavy atom. The van der Waals surface area contributed by atoms with Crippen LogP contribution in [0.3, 0.4) is 0 Å². The summed E-state index contributed by atoms with van der Waals surface area (Å²) in [6, 6.07) is 7.85. The predicted molar refractivity (Wildman–Crippen MR) is 78.1 cm³/mol. The average molecular weight is 296 g/mol. The third-order valence-electron chi connectivity index (χ3n) is 3.40. The van der Waals surface area contributed by atoms with Crippen molar-refractivity contribution in [3.63, 3.8) is 0 Å². The van der Waals surface area contributed by atoms with Gasteiger partial charge >= 0.3 is 0 Å². The van der Waals surface area contributed by atoms with Crippen molar-refractivity contribution in [2.75, 3.05) is 13.7 Å². The van der Waals surface area contributed by atoms with Crippen LogP contribution in [0.2, 0.25) is 0 Å². The molecule has 2 heterocycles. The lowest BCUT2D eigenvalue weighted by Gasteiger charge is -2.19. The molecule has 0 bridgehead atoms. The van der Waals surface area contributed by atoms with Crippen LogP contribution < -0.4 is 10.1 Å². The molecule has 0 aliphatic carbocycles. The molecule has 1 fully saturated rings. The van der Waals surface area contributed by atoms with Gasteiger partial charge < -0.3 is 14.6 Å². The Labute approximate surface area is 124 Å². The average Bonchev–Trinajstić information content (AvgIpc) is 2.98. The molecular weight excluding hydrogens is 278 g/mol. The largest absolute Gasteiger partial charge is 0.497 e. The van der Waals surface area contributed by atoms with Gasteiger partial charge in [-0.25, -0.2) is 0 Å². The van der Waals surface area contributed by atoms with E-state index < -0.39 is 0 Å². The number of rotatable bonds is 3. The number of hydrogen-bond acceptors (Lipinski definition) is 5. The molecule has 1 N–H and O–H groups in total. The molecule has 2 aromatic rings. The summed E-state index contributed by atoms with van der Waals surface area (Å²) >= 11 is 0. The fourth-order valence-corrected chi connectivity index (χ4v) is 2.30. The van der Waals surface area contributed by atoms with Gasteiger partial charge in [-0.15, -0.1) is 12.4 Å².